The fraction of sp³-hybridized carbons (Fsp3) is 0.562. The van der Waals surface area contributed by atoms with Crippen molar-refractivity contribution in [2.45, 2.75) is 38.5 Å². The fourth-order valence-electron chi connectivity index (χ4n) is 1.48. The SMILES string of the molecule is CN(Cc1csc(C#CCCO)c1)C(=O)CSC(C)(C)C. The van der Waals surface area contributed by atoms with Gasteiger partial charge in [-0.15, -0.1) is 23.1 Å². The number of aliphatic hydroxyl groups excluding tert-OH is 1. The van der Waals surface area contributed by atoms with E-state index in [0.717, 1.165) is 10.4 Å². The van der Waals surface area contributed by atoms with Crippen molar-refractivity contribution in [2.75, 3.05) is 19.4 Å². The lowest BCUT2D eigenvalue weighted by molar-refractivity contribution is -0.127. The number of thioether (sulfide) groups is 1. The Labute approximate surface area is 135 Å². The molecule has 0 aliphatic heterocycles. The summed E-state index contributed by atoms with van der Waals surface area (Å²) >= 11 is 3.24. The molecule has 5 heteroatoms. The molecule has 0 saturated carbocycles. The van der Waals surface area contributed by atoms with Crippen LogP contribution in [0, 0.1) is 11.8 Å². The van der Waals surface area contributed by atoms with Crippen LogP contribution in [-0.4, -0.2) is 40.1 Å². The van der Waals surface area contributed by atoms with Crippen molar-refractivity contribution in [1.29, 1.82) is 0 Å². The standard InChI is InChI=1S/C16H23NO2S2/c1-16(2,3)21-12-15(19)17(4)10-13-9-14(20-11-13)7-5-6-8-18/h9,11,18H,6,8,10,12H2,1-4H3. The van der Waals surface area contributed by atoms with E-state index in [0.29, 0.717) is 18.7 Å². The van der Waals surface area contributed by atoms with Crippen LogP contribution in [-0.2, 0) is 11.3 Å². The van der Waals surface area contributed by atoms with E-state index < -0.39 is 0 Å². The molecule has 1 aromatic rings. The second-order valence-electron chi connectivity index (χ2n) is 5.75. The van der Waals surface area contributed by atoms with Crippen molar-refractivity contribution in [3.05, 3.63) is 21.9 Å². The van der Waals surface area contributed by atoms with E-state index in [2.05, 4.69) is 32.6 Å². The van der Waals surface area contributed by atoms with E-state index in [1.807, 2.05) is 18.5 Å². The van der Waals surface area contributed by atoms with Crippen molar-refractivity contribution in [3.8, 4) is 11.8 Å². The molecule has 116 valence electrons. The lowest BCUT2D eigenvalue weighted by Crippen LogP contribution is -2.29. The van der Waals surface area contributed by atoms with E-state index in [1.54, 1.807) is 28.0 Å². The number of thiophene rings is 1. The summed E-state index contributed by atoms with van der Waals surface area (Å²) in [5, 5.41) is 10.7. The van der Waals surface area contributed by atoms with Crippen molar-refractivity contribution in [1.82, 2.24) is 4.90 Å². The normalized spacial score (nSPS) is 10.9. The van der Waals surface area contributed by atoms with Crippen LogP contribution in [0.25, 0.3) is 0 Å². The van der Waals surface area contributed by atoms with Crippen LogP contribution in [0.5, 0.6) is 0 Å². The summed E-state index contributed by atoms with van der Waals surface area (Å²) in [4.78, 5) is 14.8. The van der Waals surface area contributed by atoms with Crippen LogP contribution in [0.1, 0.15) is 37.6 Å². The van der Waals surface area contributed by atoms with Crippen molar-refractivity contribution in [3.63, 3.8) is 0 Å². The molecule has 0 saturated heterocycles. The number of carbonyl (C=O) groups excluding carboxylic acids is 1. The molecule has 0 unspecified atom stereocenters. The maximum Gasteiger partial charge on any atom is 0.232 e. The number of rotatable bonds is 5. The van der Waals surface area contributed by atoms with Crippen LogP contribution in [0.2, 0.25) is 0 Å². The summed E-state index contributed by atoms with van der Waals surface area (Å²) in [6.45, 7) is 7.04. The second kappa shape index (κ2) is 8.47. The number of nitrogens with zero attached hydrogens (tertiary/aromatic N) is 1. The lowest BCUT2D eigenvalue weighted by atomic mass is 10.3. The molecular weight excluding hydrogens is 302 g/mol. The smallest absolute Gasteiger partial charge is 0.232 e. The molecular formula is C16H23NO2S2. The number of amides is 1. The summed E-state index contributed by atoms with van der Waals surface area (Å²) in [5.74, 6) is 6.57. The number of hydrogen-bond acceptors (Lipinski definition) is 4. The zero-order valence-electron chi connectivity index (χ0n) is 13.1. The number of aliphatic hydroxyl groups is 1. The summed E-state index contributed by atoms with van der Waals surface area (Å²) in [5.41, 5.74) is 1.10. The molecule has 0 atom stereocenters. The average Bonchev–Trinajstić information content (AvgIpc) is 2.83. The third-order valence-corrected chi connectivity index (χ3v) is 4.73. The molecule has 0 aliphatic rings. The maximum atomic E-state index is 12.1. The van der Waals surface area contributed by atoms with Crippen LogP contribution in [0.4, 0.5) is 0 Å². The van der Waals surface area contributed by atoms with E-state index in [9.17, 15) is 4.79 Å². The summed E-state index contributed by atoms with van der Waals surface area (Å²) in [6.07, 6.45) is 0.496. The number of hydrogen-bond donors (Lipinski definition) is 1. The van der Waals surface area contributed by atoms with Gasteiger partial charge in [0, 0.05) is 24.8 Å². The molecule has 1 N–H and O–H groups in total. The largest absolute Gasteiger partial charge is 0.395 e. The molecule has 21 heavy (non-hydrogen) atoms. The molecule has 0 aliphatic carbocycles. The topological polar surface area (TPSA) is 40.5 Å². The van der Waals surface area contributed by atoms with Gasteiger partial charge in [0.25, 0.3) is 0 Å². The first-order valence-corrected chi connectivity index (χ1v) is 8.73. The van der Waals surface area contributed by atoms with Gasteiger partial charge >= 0.3 is 0 Å². The summed E-state index contributed by atoms with van der Waals surface area (Å²) in [7, 11) is 1.83. The first-order chi connectivity index (χ1) is 9.81. The van der Waals surface area contributed by atoms with Gasteiger partial charge in [-0.2, -0.15) is 0 Å². The number of carbonyl (C=O) groups is 1. The Morgan fingerprint density at radius 3 is 2.81 bits per heavy atom. The first kappa shape index (κ1) is 18.1. The van der Waals surface area contributed by atoms with E-state index in [-0.39, 0.29) is 17.3 Å². The predicted molar refractivity (Wildman–Crippen MR) is 91.6 cm³/mol. The molecule has 3 nitrogen and oxygen atoms in total. The minimum Gasteiger partial charge on any atom is -0.395 e. The van der Waals surface area contributed by atoms with Gasteiger partial charge in [0.15, 0.2) is 0 Å². The molecule has 0 aromatic carbocycles. The van der Waals surface area contributed by atoms with Gasteiger partial charge < -0.3 is 10.0 Å². The van der Waals surface area contributed by atoms with Crippen LogP contribution >= 0.6 is 23.1 Å². The third kappa shape index (κ3) is 7.56. The van der Waals surface area contributed by atoms with Gasteiger partial charge in [0.05, 0.1) is 17.2 Å². The molecule has 1 heterocycles. The Bertz CT molecular complexity index is 520. The summed E-state index contributed by atoms with van der Waals surface area (Å²) in [6, 6.07) is 2.01. The highest BCUT2D eigenvalue weighted by molar-refractivity contribution is 8.01. The molecule has 0 fully saturated rings. The van der Waals surface area contributed by atoms with Crippen molar-refractivity contribution in [2.24, 2.45) is 0 Å². The molecule has 0 radical (unpaired) electrons. The second-order valence-corrected chi connectivity index (χ2v) is 8.46. The molecule has 1 amide bonds. The zero-order chi connectivity index (χ0) is 15.9. The summed E-state index contributed by atoms with van der Waals surface area (Å²) < 4.78 is 0.106. The Kier molecular flexibility index (Phi) is 7.30. The van der Waals surface area contributed by atoms with Crippen molar-refractivity contribution >= 4 is 29.0 Å². The molecule has 1 aromatic heterocycles. The van der Waals surface area contributed by atoms with Crippen molar-refractivity contribution < 1.29 is 9.90 Å². The fourth-order valence-corrected chi connectivity index (χ4v) is 3.03. The maximum absolute atomic E-state index is 12.1. The van der Waals surface area contributed by atoms with Gasteiger partial charge in [0.1, 0.15) is 0 Å². The van der Waals surface area contributed by atoms with E-state index in [4.69, 9.17) is 5.11 Å². The van der Waals surface area contributed by atoms with Crippen LogP contribution in [0.15, 0.2) is 11.4 Å². The van der Waals surface area contributed by atoms with Gasteiger partial charge in [-0.05, 0) is 17.0 Å². The Morgan fingerprint density at radius 1 is 1.48 bits per heavy atom. The predicted octanol–water partition coefficient (Wildman–Crippen LogP) is 2.97. The molecule has 0 bridgehead atoms. The minimum atomic E-state index is 0.0912. The van der Waals surface area contributed by atoms with E-state index in [1.165, 1.54) is 0 Å². The van der Waals surface area contributed by atoms with Gasteiger partial charge in [0.2, 0.25) is 5.91 Å². The van der Waals surface area contributed by atoms with Gasteiger partial charge in [-0.1, -0.05) is 32.6 Å². The molecule has 1 rings (SSSR count). The monoisotopic (exact) mass is 325 g/mol. The Morgan fingerprint density at radius 2 is 2.19 bits per heavy atom. The van der Waals surface area contributed by atoms with E-state index >= 15 is 0 Å². The highest BCUT2D eigenvalue weighted by Gasteiger charge is 2.16. The Balaban J connectivity index is 2.49. The zero-order valence-corrected chi connectivity index (χ0v) is 14.7. The first-order valence-electron chi connectivity index (χ1n) is 6.87. The van der Waals surface area contributed by atoms with Gasteiger partial charge in [-0.25, -0.2) is 0 Å². The Hall–Kier alpha value is -0.960. The highest BCUT2D eigenvalue weighted by atomic mass is 32.2. The third-order valence-electron chi connectivity index (χ3n) is 2.58. The van der Waals surface area contributed by atoms with Gasteiger partial charge in [-0.3, -0.25) is 4.79 Å². The lowest BCUT2D eigenvalue weighted by Gasteiger charge is -2.21. The minimum absolute atomic E-state index is 0.0912. The average molecular weight is 325 g/mol. The molecule has 0 spiro atoms. The quantitative estimate of drug-likeness (QED) is 0.846. The highest BCUT2D eigenvalue weighted by Crippen LogP contribution is 2.23. The van der Waals surface area contributed by atoms with Crippen LogP contribution in [0.3, 0.4) is 0 Å². The van der Waals surface area contributed by atoms with Crippen LogP contribution < -0.4 is 0 Å².